The van der Waals surface area contributed by atoms with Gasteiger partial charge in [0.25, 0.3) is 5.91 Å². The molecule has 120 valence electrons. The van der Waals surface area contributed by atoms with E-state index in [-0.39, 0.29) is 17.1 Å². The first kappa shape index (κ1) is 15.4. The van der Waals surface area contributed by atoms with Crippen LogP contribution in [0, 0.1) is 11.7 Å². The van der Waals surface area contributed by atoms with E-state index in [9.17, 15) is 9.18 Å². The molecule has 1 spiro atoms. The second-order valence-electron chi connectivity index (χ2n) is 6.30. The Labute approximate surface area is 130 Å². The van der Waals surface area contributed by atoms with Gasteiger partial charge in [0.05, 0.1) is 24.3 Å². The van der Waals surface area contributed by atoms with Gasteiger partial charge in [-0.25, -0.2) is 4.39 Å². The van der Waals surface area contributed by atoms with Crippen LogP contribution in [0.15, 0.2) is 24.3 Å². The highest BCUT2D eigenvalue weighted by Crippen LogP contribution is 2.39. The normalized spacial score (nSPS) is 27.7. The van der Waals surface area contributed by atoms with Crippen LogP contribution >= 0.6 is 0 Å². The maximum atomic E-state index is 13.8. The van der Waals surface area contributed by atoms with Crippen molar-refractivity contribution in [1.29, 1.82) is 0 Å². The molecule has 0 radical (unpaired) electrons. The first-order chi connectivity index (χ1) is 10.6. The van der Waals surface area contributed by atoms with Gasteiger partial charge in [-0.15, -0.1) is 0 Å². The average molecular weight is 307 g/mol. The summed E-state index contributed by atoms with van der Waals surface area (Å²) >= 11 is 0. The lowest BCUT2D eigenvalue weighted by Gasteiger charge is -2.23. The number of methoxy groups -OCH3 is 1. The van der Waals surface area contributed by atoms with Crippen LogP contribution in [0.2, 0.25) is 0 Å². The van der Waals surface area contributed by atoms with Crippen molar-refractivity contribution < 1.29 is 18.7 Å². The molecule has 2 fully saturated rings. The van der Waals surface area contributed by atoms with Crippen molar-refractivity contribution in [3.05, 3.63) is 35.6 Å². The second-order valence-corrected chi connectivity index (χ2v) is 6.30. The van der Waals surface area contributed by atoms with E-state index in [1.54, 1.807) is 30.2 Å². The van der Waals surface area contributed by atoms with Crippen LogP contribution in [0.4, 0.5) is 4.39 Å². The summed E-state index contributed by atoms with van der Waals surface area (Å²) in [5, 5.41) is 0. The van der Waals surface area contributed by atoms with E-state index >= 15 is 0 Å². The summed E-state index contributed by atoms with van der Waals surface area (Å²) in [6.45, 7) is 2.65. The second kappa shape index (κ2) is 6.34. The Morgan fingerprint density at radius 2 is 2.32 bits per heavy atom. The van der Waals surface area contributed by atoms with Crippen LogP contribution in [0.1, 0.15) is 29.6 Å². The van der Waals surface area contributed by atoms with Crippen LogP contribution in [-0.4, -0.2) is 49.8 Å². The molecule has 0 bridgehead atoms. The maximum Gasteiger partial charge on any atom is 0.256 e. The quantitative estimate of drug-likeness (QED) is 0.858. The number of hydrogen-bond donors (Lipinski definition) is 0. The molecule has 2 aliphatic rings. The molecule has 0 saturated carbocycles. The minimum atomic E-state index is -0.459. The van der Waals surface area contributed by atoms with E-state index in [0.717, 1.165) is 32.5 Å². The Morgan fingerprint density at radius 1 is 1.50 bits per heavy atom. The fourth-order valence-corrected chi connectivity index (χ4v) is 3.52. The van der Waals surface area contributed by atoms with Gasteiger partial charge in [0.1, 0.15) is 5.82 Å². The van der Waals surface area contributed by atoms with Crippen molar-refractivity contribution in [2.75, 3.05) is 33.4 Å². The third-order valence-corrected chi connectivity index (χ3v) is 4.72. The standard InChI is InChI=1S/C17H22FNO3/c1-21-9-6-13-10-17(22-11-13)7-8-19(12-17)16(20)14-4-2-3-5-15(14)18/h2-5,13H,6-12H2,1H3. The van der Waals surface area contributed by atoms with Gasteiger partial charge in [0.2, 0.25) is 0 Å². The van der Waals surface area contributed by atoms with Gasteiger partial charge in [0.15, 0.2) is 0 Å². The predicted molar refractivity (Wildman–Crippen MR) is 80.2 cm³/mol. The Bertz CT molecular complexity index is 550. The first-order valence-electron chi connectivity index (χ1n) is 7.80. The Kier molecular flexibility index (Phi) is 4.45. The number of ether oxygens (including phenoxy) is 2. The molecular weight excluding hydrogens is 285 g/mol. The zero-order valence-corrected chi connectivity index (χ0v) is 12.9. The van der Waals surface area contributed by atoms with Gasteiger partial charge in [-0.05, 0) is 37.3 Å². The van der Waals surface area contributed by atoms with Crippen molar-refractivity contribution in [2.45, 2.75) is 24.9 Å². The van der Waals surface area contributed by atoms with Crippen molar-refractivity contribution in [1.82, 2.24) is 4.90 Å². The summed E-state index contributed by atoms with van der Waals surface area (Å²) in [6, 6.07) is 6.15. The molecule has 4 nitrogen and oxygen atoms in total. The number of amides is 1. The molecule has 1 aromatic rings. The fraction of sp³-hybridized carbons (Fsp3) is 0.588. The molecule has 2 aliphatic heterocycles. The summed E-state index contributed by atoms with van der Waals surface area (Å²) in [5.74, 6) is -0.207. The Morgan fingerprint density at radius 3 is 3.09 bits per heavy atom. The van der Waals surface area contributed by atoms with Crippen LogP contribution in [0.5, 0.6) is 0 Å². The average Bonchev–Trinajstić information content (AvgIpc) is 3.12. The maximum absolute atomic E-state index is 13.8. The van der Waals surface area contributed by atoms with Gasteiger partial charge in [-0.1, -0.05) is 12.1 Å². The molecule has 0 N–H and O–H groups in total. The minimum Gasteiger partial charge on any atom is -0.385 e. The highest BCUT2D eigenvalue weighted by molar-refractivity contribution is 5.94. The molecule has 22 heavy (non-hydrogen) atoms. The third kappa shape index (κ3) is 3.01. The van der Waals surface area contributed by atoms with E-state index in [1.165, 1.54) is 6.07 Å². The highest BCUT2D eigenvalue weighted by Gasteiger charge is 2.46. The lowest BCUT2D eigenvalue weighted by atomic mass is 9.92. The van der Waals surface area contributed by atoms with Crippen LogP contribution in [0.3, 0.4) is 0 Å². The number of benzene rings is 1. The molecule has 2 heterocycles. The van der Waals surface area contributed by atoms with Crippen molar-refractivity contribution in [3.8, 4) is 0 Å². The van der Waals surface area contributed by atoms with Gasteiger partial charge in [-0.3, -0.25) is 4.79 Å². The summed E-state index contributed by atoms with van der Waals surface area (Å²) in [7, 11) is 1.70. The van der Waals surface area contributed by atoms with Crippen molar-refractivity contribution in [2.24, 2.45) is 5.92 Å². The van der Waals surface area contributed by atoms with E-state index < -0.39 is 5.82 Å². The monoisotopic (exact) mass is 307 g/mol. The molecule has 1 amide bonds. The SMILES string of the molecule is COCCC1COC2(CCN(C(=O)c3ccccc3F)C2)C1. The number of carbonyl (C=O) groups is 1. The van der Waals surface area contributed by atoms with Gasteiger partial charge in [-0.2, -0.15) is 0 Å². The molecule has 1 aromatic carbocycles. The van der Waals surface area contributed by atoms with E-state index in [4.69, 9.17) is 9.47 Å². The minimum absolute atomic E-state index is 0.147. The summed E-state index contributed by atoms with van der Waals surface area (Å²) in [5.41, 5.74) is -0.0900. The summed E-state index contributed by atoms with van der Waals surface area (Å²) < 4.78 is 24.9. The van der Waals surface area contributed by atoms with Crippen LogP contribution in [0.25, 0.3) is 0 Å². The number of halogens is 1. The predicted octanol–water partition coefficient (Wildman–Crippen LogP) is 2.48. The van der Waals surface area contributed by atoms with E-state index in [1.807, 2.05) is 0 Å². The first-order valence-corrected chi connectivity index (χ1v) is 7.80. The molecule has 0 aromatic heterocycles. The molecule has 2 atom stereocenters. The largest absolute Gasteiger partial charge is 0.385 e. The molecule has 0 aliphatic carbocycles. The molecular formula is C17H22FNO3. The smallest absolute Gasteiger partial charge is 0.256 e. The Hall–Kier alpha value is -1.46. The van der Waals surface area contributed by atoms with Crippen LogP contribution < -0.4 is 0 Å². The van der Waals surface area contributed by atoms with E-state index in [2.05, 4.69) is 0 Å². The topological polar surface area (TPSA) is 38.8 Å². The Balaban J connectivity index is 1.63. The molecule has 2 saturated heterocycles. The highest BCUT2D eigenvalue weighted by atomic mass is 19.1. The molecule has 3 rings (SSSR count). The molecule has 5 heteroatoms. The zero-order valence-electron chi connectivity index (χ0n) is 12.9. The van der Waals surface area contributed by atoms with Crippen molar-refractivity contribution in [3.63, 3.8) is 0 Å². The van der Waals surface area contributed by atoms with Crippen molar-refractivity contribution >= 4 is 5.91 Å². The lowest BCUT2D eigenvalue weighted by Crippen LogP contribution is -2.36. The number of hydrogen-bond acceptors (Lipinski definition) is 3. The van der Waals surface area contributed by atoms with Gasteiger partial charge >= 0.3 is 0 Å². The number of rotatable bonds is 4. The van der Waals surface area contributed by atoms with E-state index in [0.29, 0.717) is 19.0 Å². The number of likely N-dealkylation sites (tertiary alicyclic amines) is 1. The summed E-state index contributed by atoms with van der Waals surface area (Å²) in [4.78, 5) is 14.2. The number of nitrogens with zero attached hydrogens (tertiary/aromatic N) is 1. The molecule has 2 unspecified atom stereocenters. The lowest BCUT2D eigenvalue weighted by molar-refractivity contribution is 0.0112. The van der Waals surface area contributed by atoms with Gasteiger partial charge in [0, 0.05) is 20.3 Å². The fourth-order valence-electron chi connectivity index (χ4n) is 3.52. The number of carbonyl (C=O) groups excluding carboxylic acids is 1. The van der Waals surface area contributed by atoms with Crippen LogP contribution in [-0.2, 0) is 9.47 Å². The summed E-state index contributed by atoms with van der Waals surface area (Å²) in [6.07, 6.45) is 2.77. The zero-order chi connectivity index (χ0) is 15.6. The van der Waals surface area contributed by atoms with Gasteiger partial charge < -0.3 is 14.4 Å². The third-order valence-electron chi connectivity index (χ3n) is 4.72.